The summed E-state index contributed by atoms with van der Waals surface area (Å²) in [5.74, 6) is 1.51. The number of carbonyl (C=O) groups excluding carboxylic acids is 1. The van der Waals surface area contributed by atoms with E-state index in [0.717, 1.165) is 32.5 Å². The van der Waals surface area contributed by atoms with E-state index in [4.69, 9.17) is 9.47 Å². The van der Waals surface area contributed by atoms with Crippen LogP contribution in [0.3, 0.4) is 0 Å². The number of Topliss-reactive ketones (excluding diaryl/α,β-unsaturated/α-hetero) is 1. The maximum Gasteiger partial charge on any atom is 0.170 e. The highest BCUT2D eigenvalue weighted by Crippen LogP contribution is 2.29. The second-order valence-corrected chi connectivity index (χ2v) is 6.14. The summed E-state index contributed by atoms with van der Waals surface area (Å²) in [7, 11) is 3.20. The topological polar surface area (TPSA) is 38.8 Å². The van der Waals surface area contributed by atoms with Crippen molar-refractivity contribution in [1.29, 1.82) is 0 Å². The minimum atomic E-state index is 0.0377. The van der Waals surface area contributed by atoms with E-state index in [1.54, 1.807) is 20.3 Å². The third-order valence-electron chi connectivity index (χ3n) is 4.52. The monoisotopic (exact) mass is 317 g/mol. The van der Waals surface area contributed by atoms with Crippen LogP contribution >= 0.6 is 0 Å². The second kappa shape index (κ2) is 8.16. The quantitative estimate of drug-likeness (QED) is 0.594. The van der Waals surface area contributed by atoms with E-state index in [-0.39, 0.29) is 11.7 Å². The number of hydrogen-bond acceptors (Lipinski definition) is 4. The molecule has 1 heterocycles. The average Bonchev–Trinajstić information content (AvgIpc) is 2.60. The Hall–Kier alpha value is -1.81. The number of methoxy groups -OCH3 is 2. The van der Waals surface area contributed by atoms with Crippen LogP contribution in [0.15, 0.2) is 29.8 Å². The molecule has 126 valence electrons. The molecule has 1 aliphatic rings. The summed E-state index contributed by atoms with van der Waals surface area (Å²) in [5.41, 5.74) is 2.00. The van der Waals surface area contributed by atoms with Crippen molar-refractivity contribution in [3.8, 4) is 11.5 Å². The van der Waals surface area contributed by atoms with Crippen LogP contribution in [0.5, 0.6) is 11.5 Å². The second-order valence-electron chi connectivity index (χ2n) is 6.14. The van der Waals surface area contributed by atoms with Gasteiger partial charge in [-0.1, -0.05) is 11.6 Å². The maximum absolute atomic E-state index is 12.9. The fraction of sp³-hybridized carbons (Fsp3) is 0.526. The van der Waals surface area contributed by atoms with Gasteiger partial charge in [-0.15, -0.1) is 0 Å². The summed E-state index contributed by atoms with van der Waals surface area (Å²) < 4.78 is 10.6. The van der Waals surface area contributed by atoms with Crippen LogP contribution in [0, 0.1) is 5.92 Å². The Kier molecular flexibility index (Phi) is 6.22. The number of piperidine rings is 1. The lowest BCUT2D eigenvalue weighted by Gasteiger charge is -2.32. The van der Waals surface area contributed by atoms with Crippen molar-refractivity contribution >= 4 is 5.78 Å². The number of nitrogens with zero attached hydrogens (tertiary/aromatic N) is 1. The fourth-order valence-corrected chi connectivity index (χ4v) is 3.08. The van der Waals surface area contributed by atoms with Gasteiger partial charge in [0.1, 0.15) is 11.5 Å². The summed E-state index contributed by atoms with van der Waals surface area (Å²) in [5, 5.41) is 0. The van der Waals surface area contributed by atoms with Crippen LogP contribution in [-0.4, -0.2) is 44.5 Å². The molecule has 2 rings (SSSR count). The molecule has 0 spiro atoms. The summed E-state index contributed by atoms with van der Waals surface area (Å²) in [4.78, 5) is 15.3. The summed E-state index contributed by atoms with van der Waals surface area (Å²) in [6, 6.07) is 5.41. The van der Waals surface area contributed by atoms with Gasteiger partial charge in [-0.05, 0) is 45.4 Å². The van der Waals surface area contributed by atoms with Crippen LogP contribution in [0.1, 0.15) is 37.0 Å². The Morgan fingerprint density at radius 2 is 2.13 bits per heavy atom. The number of hydrogen-bond donors (Lipinski definition) is 0. The van der Waals surface area contributed by atoms with Crippen LogP contribution in [0.4, 0.5) is 0 Å². The third-order valence-corrected chi connectivity index (χ3v) is 4.52. The molecule has 0 bridgehead atoms. The molecule has 0 saturated carbocycles. The number of rotatable bonds is 6. The standard InChI is InChI=1S/C19H27NO3/c1-5-14(2)12-20-10-6-7-15(13-20)19(21)17-9-8-16(22-3)11-18(17)23-4/h5,8-9,11,15H,6-7,10,12-13H2,1-4H3. The molecule has 1 fully saturated rings. The van der Waals surface area contributed by atoms with E-state index in [9.17, 15) is 4.79 Å². The number of carbonyl (C=O) groups is 1. The van der Waals surface area contributed by atoms with Crippen LogP contribution < -0.4 is 9.47 Å². The Balaban J connectivity index is 2.13. The molecule has 4 heteroatoms. The van der Waals surface area contributed by atoms with E-state index in [1.165, 1.54) is 5.57 Å². The molecule has 4 nitrogen and oxygen atoms in total. The molecular formula is C19H27NO3. The van der Waals surface area contributed by atoms with E-state index in [0.29, 0.717) is 17.1 Å². The van der Waals surface area contributed by atoms with Crippen molar-refractivity contribution in [3.63, 3.8) is 0 Å². The van der Waals surface area contributed by atoms with Gasteiger partial charge in [-0.25, -0.2) is 0 Å². The molecular weight excluding hydrogens is 290 g/mol. The third kappa shape index (κ3) is 4.35. The highest BCUT2D eigenvalue weighted by Gasteiger charge is 2.28. The Labute approximate surface area is 139 Å². The van der Waals surface area contributed by atoms with Crippen molar-refractivity contribution in [1.82, 2.24) is 4.90 Å². The number of ketones is 1. The summed E-state index contributed by atoms with van der Waals surface area (Å²) >= 11 is 0. The van der Waals surface area contributed by atoms with Crippen molar-refractivity contribution in [2.45, 2.75) is 26.7 Å². The first-order valence-electron chi connectivity index (χ1n) is 8.19. The minimum absolute atomic E-state index is 0.0377. The van der Waals surface area contributed by atoms with E-state index in [2.05, 4.69) is 24.8 Å². The number of likely N-dealkylation sites (tertiary alicyclic amines) is 1. The molecule has 0 radical (unpaired) electrons. The molecule has 0 aromatic heterocycles. The molecule has 1 aromatic rings. The van der Waals surface area contributed by atoms with Gasteiger partial charge in [0.15, 0.2) is 5.78 Å². The highest BCUT2D eigenvalue weighted by molar-refractivity contribution is 6.00. The molecule has 1 unspecified atom stereocenters. The largest absolute Gasteiger partial charge is 0.497 e. The first-order chi connectivity index (χ1) is 11.1. The number of benzene rings is 1. The van der Waals surface area contributed by atoms with Gasteiger partial charge in [0.25, 0.3) is 0 Å². The van der Waals surface area contributed by atoms with E-state index >= 15 is 0 Å². The molecule has 0 amide bonds. The zero-order valence-electron chi connectivity index (χ0n) is 14.6. The van der Waals surface area contributed by atoms with Crippen LogP contribution in [-0.2, 0) is 0 Å². The average molecular weight is 317 g/mol. The summed E-state index contributed by atoms with van der Waals surface area (Å²) in [6.45, 7) is 7.02. The van der Waals surface area contributed by atoms with Gasteiger partial charge in [0, 0.05) is 25.1 Å². The zero-order chi connectivity index (χ0) is 16.8. The molecule has 1 aliphatic heterocycles. The van der Waals surface area contributed by atoms with Gasteiger partial charge >= 0.3 is 0 Å². The summed E-state index contributed by atoms with van der Waals surface area (Å²) in [6.07, 6.45) is 4.14. The van der Waals surface area contributed by atoms with Crippen molar-refractivity contribution in [2.24, 2.45) is 5.92 Å². The molecule has 0 aliphatic carbocycles. The highest BCUT2D eigenvalue weighted by atomic mass is 16.5. The lowest BCUT2D eigenvalue weighted by Crippen LogP contribution is -2.39. The molecule has 0 N–H and O–H groups in total. The van der Waals surface area contributed by atoms with Crippen molar-refractivity contribution in [2.75, 3.05) is 33.9 Å². The lowest BCUT2D eigenvalue weighted by atomic mass is 9.89. The van der Waals surface area contributed by atoms with Crippen LogP contribution in [0.25, 0.3) is 0 Å². The number of allylic oxidation sites excluding steroid dienone is 1. The molecule has 23 heavy (non-hydrogen) atoms. The first kappa shape index (κ1) is 17.5. The van der Waals surface area contributed by atoms with Gasteiger partial charge < -0.3 is 9.47 Å². The normalized spacial score (nSPS) is 19.5. The Morgan fingerprint density at radius 1 is 1.35 bits per heavy atom. The number of ether oxygens (including phenoxy) is 2. The molecule has 1 aromatic carbocycles. The predicted molar refractivity (Wildman–Crippen MR) is 92.5 cm³/mol. The Morgan fingerprint density at radius 3 is 2.78 bits per heavy atom. The first-order valence-corrected chi connectivity index (χ1v) is 8.19. The van der Waals surface area contributed by atoms with E-state index < -0.39 is 0 Å². The zero-order valence-corrected chi connectivity index (χ0v) is 14.6. The Bertz CT molecular complexity index is 580. The van der Waals surface area contributed by atoms with Gasteiger partial charge in [-0.2, -0.15) is 0 Å². The molecule has 1 saturated heterocycles. The molecule has 1 atom stereocenters. The minimum Gasteiger partial charge on any atom is -0.497 e. The van der Waals surface area contributed by atoms with Gasteiger partial charge in [-0.3, -0.25) is 9.69 Å². The van der Waals surface area contributed by atoms with Gasteiger partial charge in [0.2, 0.25) is 0 Å². The smallest absolute Gasteiger partial charge is 0.170 e. The lowest BCUT2D eigenvalue weighted by molar-refractivity contribution is 0.0826. The van der Waals surface area contributed by atoms with Crippen LogP contribution in [0.2, 0.25) is 0 Å². The van der Waals surface area contributed by atoms with Crippen molar-refractivity contribution in [3.05, 3.63) is 35.4 Å². The predicted octanol–water partition coefficient (Wildman–Crippen LogP) is 3.56. The maximum atomic E-state index is 12.9. The van der Waals surface area contributed by atoms with Gasteiger partial charge in [0.05, 0.1) is 19.8 Å². The van der Waals surface area contributed by atoms with E-state index in [1.807, 2.05) is 12.1 Å². The van der Waals surface area contributed by atoms with Crippen molar-refractivity contribution < 1.29 is 14.3 Å². The fourth-order valence-electron chi connectivity index (χ4n) is 3.08. The SMILES string of the molecule is CC=C(C)CN1CCCC(C(=O)c2ccc(OC)cc2OC)C1.